The van der Waals surface area contributed by atoms with Crippen molar-refractivity contribution in [2.45, 2.75) is 31.3 Å². The van der Waals surface area contributed by atoms with E-state index in [1.54, 1.807) is 14.2 Å². The summed E-state index contributed by atoms with van der Waals surface area (Å²) in [6.45, 7) is 1.85. The van der Waals surface area contributed by atoms with Crippen molar-refractivity contribution in [3.05, 3.63) is 59.7 Å². The average Bonchev–Trinajstić information content (AvgIpc) is 3.63. The van der Waals surface area contributed by atoms with Crippen LogP contribution in [0.25, 0.3) is 0 Å². The van der Waals surface area contributed by atoms with Crippen LogP contribution < -0.4 is 9.47 Å². The van der Waals surface area contributed by atoms with Crippen molar-refractivity contribution in [3.8, 4) is 11.5 Å². The predicted octanol–water partition coefficient (Wildman–Crippen LogP) is 4.19. The van der Waals surface area contributed by atoms with Gasteiger partial charge < -0.3 is 19.1 Å². The number of hydrogen-bond donors (Lipinski definition) is 0. The minimum absolute atomic E-state index is 0.0469. The Morgan fingerprint density at radius 3 is 2.55 bits per heavy atom. The Morgan fingerprint density at radius 1 is 1.10 bits per heavy atom. The summed E-state index contributed by atoms with van der Waals surface area (Å²) < 4.78 is 16.8. The van der Waals surface area contributed by atoms with Gasteiger partial charge in [-0.25, -0.2) is 0 Å². The third kappa shape index (κ3) is 4.56. The fourth-order valence-corrected chi connectivity index (χ4v) is 4.20. The molecular formula is C24H29NO4. The molecule has 1 saturated carbocycles. The van der Waals surface area contributed by atoms with Gasteiger partial charge in [0.25, 0.3) is 0 Å². The van der Waals surface area contributed by atoms with Gasteiger partial charge in [0.05, 0.1) is 27.4 Å². The fraction of sp³-hybridized carbons (Fsp3) is 0.458. The molecule has 2 atom stereocenters. The molecule has 0 N–H and O–H groups in total. The summed E-state index contributed by atoms with van der Waals surface area (Å²) >= 11 is 0. The number of rotatable bonds is 7. The molecule has 1 aliphatic carbocycles. The molecule has 2 fully saturated rings. The zero-order valence-corrected chi connectivity index (χ0v) is 17.2. The van der Waals surface area contributed by atoms with Crippen LogP contribution in [0.3, 0.4) is 0 Å². The molecule has 0 aromatic heterocycles. The number of amides is 1. The summed E-state index contributed by atoms with van der Waals surface area (Å²) in [7, 11) is 3.29. The van der Waals surface area contributed by atoms with Crippen molar-refractivity contribution in [1.29, 1.82) is 0 Å². The number of ether oxygens (including phenoxy) is 3. The second-order valence-electron chi connectivity index (χ2n) is 7.87. The number of morpholine rings is 1. The van der Waals surface area contributed by atoms with Gasteiger partial charge in [0.15, 0.2) is 11.5 Å². The average molecular weight is 395 g/mol. The van der Waals surface area contributed by atoms with Crippen molar-refractivity contribution in [2.24, 2.45) is 5.92 Å². The Bertz CT molecular complexity index is 834. The largest absolute Gasteiger partial charge is 0.493 e. The quantitative estimate of drug-likeness (QED) is 0.705. The lowest BCUT2D eigenvalue weighted by atomic mass is 9.90. The molecule has 5 heteroatoms. The minimum atomic E-state index is -0.0469. The summed E-state index contributed by atoms with van der Waals surface area (Å²) in [5.41, 5.74) is 2.29. The van der Waals surface area contributed by atoms with Gasteiger partial charge in [0.2, 0.25) is 5.91 Å². The van der Waals surface area contributed by atoms with Crippen LogP contribution in [0.4, 0.5) is 0 Å². The van der Waals surface area contributed by atoms with E-state index in [0.29, 0.717) is 32.0 Å². The lowest BCUT2D eigenvalue weighted by Gasteiger charge is -2.34. The SMILES string of the molecule is COc1ccc(C(CC(=O)N2CCOC(c3ccccc3)C2)C2CC2)cc1OC. The first-order valence-corrected chi connectivity index (χ1v) is 10.4. The maximum atomic E-state index is 13.2. The predicted molar refractivity (Wildman–Crippen MR) is 111 cm³/mol. The van der Waals surface area contributed by atoms with Crippen molar-refractivity contribution >= 4 is 5.91 Å². The van der Waals surface area contributed by atoms with Gasteiger partial charge in [-0.15, -0.1) is 0 Å². The molecule has 1 heterocycles. The summed E-state index contributed by atoms with van der Waals surface area (Å²) in [5.74, 6) is 2.44. The van der Waals surface area contributed by atoms with Crippen LogP contribution in [-0.2, 0) is 9.53 Å². The molecule has 2 aromatic rings. The van der Waals surface area contributed by atoms with Crippen LogP contribution in [0.5, 0.6) is 11.5 Å². The van der Waals surface area contributed by atoms with Gasteiger partial charge in [-0.05, 0) is 47.9 Å². The van der Waals surface area contributed by atoms with Crippen LogP contribution in [0.1, 0.15) is 42.4 Å². The molecule has 2 aliphatic rings. The third-order valence-electron chi connectivity index (χ3n) is 6.01. The normalized spacial score (nSPS) is 20.2. The summed E-state index contributed by atoms with van der Waals surface area (Å²) in [6.07, 6.45) is 2.85. The maximum Gasteiger partial charge on any atom is 0.223 e. The van der Waals surface area contributed by atoms with Crippen molar-refractivity contribution in [3.63, 3.8) is 0 Å². The fourth-order valence-electron chi connectivity index (χ4n) is 4.20. The van der Waals surface area contributed by atoms with Gasteiger partial charge >= 0.3 is 0 Å². The molecule has 29 heavy (non-hydrogen) atoms. The lowest BCUT2D eigenvalue weighted by molar-refractivity contribution is -0.139. The van der Waals surface area contributed by atoms with Crippen LogP contribution >= 0.6 is 0 Å². The van der Waals surface area contributed by atoms with Crippen LogP contribution in [0.15, 0.2) is 48.5 Å². The van der Waals surface area contributed by atoms with E-state index in [1.807, 2.05) is 35.2 Å². The number of benzene rings is 2. The zero-order valence-electron chi connectivity index (χ0n) is 17.2. The molecule has 154 valence electrons. The van der Waals surface area contributed by atoms with E-state index in [0.717, 1.165) is 22.6 Å². The Balaban J connectivity index is 1.47. The molecule has 2 aromatic carbocycles. The van der Waals surface area contributed by atoms with Crippen molar-refractivity contribution < 1.29 is 19.0 Å². The minimum Gasteiger partial charge on any atom is -0.493 e. The summed E-state index contributed by atoms with van der Waals surface area (Å²) in [6, 6.07) is 16.2. The highest BCUT2D eigenvalue weighted by atomic mass is 16.5. The topological polar surface area (TPSA) is 48.0 Å². The molecule has 0 bridgehead atoms. The van der Waals surface area contributed by atoms with Gasteiger partial charge in [0.1, 0.15) is 6.10 Å². The molecular weight excluding hydrogens is 366 g/mol. The van der Waals surface area contributed by atoms with Crippen LogP contribution in [0, 0.1) is 5.92 Å². The number of carbonyl (C=O) groups excluding carboxylic acids is 1. The molecule has 2 unspecified atom stereocenters. The zero-order chi connectivity index (χ0) is 20.2. The standard InChI is InChI=1S/C24H29NO4/c1-27-21-11-10-19(14-22(21)28-2)20(17-8-9-17)15-24(26)25-12-13-29-23(16-25)18-6-4-3-5-7-18/h3-7,10-11,14,17,20,23H,8-9,12-13,15-16H2,1-2H3. The highest BCUT2D eigenvalue weighted by molar-refractivity contribution is 5.77. The molecule has 1 aliphatic heterocycles. The first-order valence-electron chi connectivity index (χ1n) is 10.4. The number of nitrogens with zero attached hydrogens (tertiary/aromatic N) is 1. The van der Waals surface area contributed by atoms with Gasteiger partial charge in [-0.2, -0.15) is 0 Å². The van der Waals surface area contributed by atoms with E-state index in [9.17, 15) is 4.79 Å². The molecule has 5 nitrogen and oxygen atoms in total. The molecule has 1 saturated heterocycles. The number of methoxy groups -OCH3 is 2. The first kappa shape index (κ1) is 19.8. The van der Waals surface area contributed by atoms with Gasteiger partial charge in [-0.3, -0.25) is 4.79 Å². The third-order valence-corrected chi connectivity index (χ3v) is 6.01. The van der Waals surface area contributed by atoms with Gasteiger partial charge in [-0.1, -0.05) is 36.4 Å². The van der Waals surface area contributed by atoms with Crippen LogP contribution in [-0.4, -0.2) is 44.7 Å². The second-order valence-corrected chi connectivity index (χ2v) is 7.87. The Hall–Kier alpha value is -2.53. The van der Waals surface area contributed by atoms with E-state index in [4.69, 9.17) is 14.2 Å². The van der Waals surface area contributed by atoms with E-state index < -0.39 is 0 Å². The first-order chi connectivity index (χ1) is 14.2. The highest BCUT2D eigenvalue weighted by Gasteiger charge is 2.36. The van der Waals surface area contributed by atoms with E-state index in [-0.39, 0.29) is 17.9 Å². The van der Waals surface area contributed by atoms with E-state index in [1.165, 1.54) is 12.8 Å². The van der Waals surface area contributed by atoms with Crippen molar-refractivity contribution in [1.82, 2.24) is 4.90 Å². The Kier molecular flexibility index (Phi) is 6.05. The highest BCUT2D eigenvalue weighted by Crippen LogP contribution is 2.46. The van der Waals surface area contributed by atoms with Gasteiger partial charge in [0, 0.05) is 13.0 Å². The lowest BCUT2D eigenvalue weighted by Crippen LogP contribution is -2.42. The summed E-state index contributed by atoms with van der Waals surface area (Å²) in [4.78, 5) is 15.2. The van der Waals surface area contributed by atoms with Crippen molar-refractivity contribution in [2.75, 3.05) is 33.9 Å². The van der Waals surface area contributed by atoms with Crippen LogP contribution in [0.2, 0.25) is 0 Å². The van der Waals surface area contributed by atoms with E-state index >= 15 is 0 Å². The number of hydrogen-bond acceptors (Lipinski definition) is 4. The summed E-state index contributed by atoms with van der Waals surface area (Å²) in [5, 5.41) is 0. The Labute approximate surface area is 172 Å². The second kappa shape index (κ2) is 8.87. The Morgan fingerprint density at radius 2 is 1.86 bits per heavy atom. The monoisotopic (exact) mass is 395 g/mol. The van der Waals surface area contributed by atoms with E-state index in [2.05, 4.69) is 18.2 Å². The maximum absolute atomic E-state index is 13.2. The number of carbonyl (C=O) groups is 1. The smallest absolute Gasteiger partial charge is 0.223 e. The molecule has 0 radical (unpaired) electrons. The molecule has 1 amide bonds. The molecule has 4 rings (SSSR count). The molecule has 0 spiro atoms.